The maximum absolute atomic E-state index is 13.4. The van der Waals surface area contributed by atoms with Crippen LogP contribution in [-0.4, -0.2) is 115 Å². The van der Waals surface area contributed by atoms with Crippen molar-refractivity contribution < 1.29 is 89.5 Å². The molecule has 0 saturated carbocycles. The summed E-state index contributed by atoms with van der Waals surface area (Å²) in [6, 6.07) is 19.3. The van der Waals surface area contributed by atoms with Crippen LogP contribution >= 0.6 is 0 Å². The first-order valence-electron chi connectivity index (χ1n) is 24.0. The summed E-state index contributed by atoms with van der Waals surface area (Å²) in [6.45, 7) is 18.8. The molecule has 0 aromatic heterocycles. The number of ketones is 3. The van der Waals surface area contributed by atoms with E-state index < -0.39 is 81.6 Å². The fraction of sp³-hybridized carbons (Fsp3) is 0.537. The molecule has 15 atom stereocenters. The van der Waals surface area contributed by atoms with Crippen LogP contribution in [0, 0.1) is 23.7 Å². The minimum absolute atomic E-state index is 0.00505. The van der Waals surface area contributed by atoms with Gasteiger partial charge >= 0.3 is 34.4 Å². The van der Waals surface area contributed by atoms with Gasteiger partial charge < -0.3 is 43.0 Å². The summed E-state index contributed by atoms with van der Waals surface area (Å²) in [5, 5.41) is 11.2. The number of hydrogen-bond donors (Lipinski definition) is 1. The second-order valence-corrected chi connectivity index (χ2v) is 18.6. The molecule has 4 aliphatic rings. The third kappa shape index (κ3) is 18.3. The molecule has 0 amide bonds. The van der Waals surface area contributed by atoms with Crippen LogP contribution in [0.25, 0.3) is 0 Å². The zero-order valence-electron chi connectivity index (χ0n) is 41.4. The van der Waals surface area contributed by atoms with Crippen LogP contribution in [-0.2, 0) is 97.6 Å². The molecule has 2 aromatic carbocycles. The molecule has 1 N–H and O–H groups in total. The molecule has 0 spiro atoms. The van der Waals surface area contributed by atoms with Crippen LogP contribution in [0.4, 0.5) is 0 Å². The fourth-order valence-electron chi connectivity index (χ4n) is 8.89. The van der Waals surface area contributed by atoms with E-state index in [1.165, 1.54) is 19.9 Å². The van der Waals surface area contributed by atoms with Gasteiger partial charge in [-0.3, -0.25) is 24.0 Å². The quantitative estimate of drug-likeness (QED) is 0.0733. The Morgan fingerprint density at radius 3 is 1.58 bits per heavy atom. The third-order valence-corrected chi connectivity index (χ3v) is 12.5. The van der Waals surface area contributed by atoms with Gasteiger partial charge in [0.25, 0.3) is 0 Å². The Morgan fingerprint density at radius 2 is 1.11 bits per heavy atom. The van der Waals surface area contributed by atoms with E-state index in [0.29, 0.717) is 32.3 Å². The zero-order chi connectivity index (χ0) is 52.0. The fourth-order valence-corrected chi connectivity index (χ4v) is 8.89. The number of Topliss-reactive ketones (excluding diaryl/α,β-unsaturated/α-hetero) is 1. The van der Waals surface area contributed by atoms with Crippen molar-refractivity contribution in [1.82, 2.24) is 0 Å². The van der Waals surface area contributed by atoms with Gasteiger partial charge in [-0.05, 0) is 60.8 Å². The second kappa shape index (κ2) is 30.3. The van der Waals surface area contributed by atoms with Crippen molar-refractivity contribution in [1.29, 1.82) is 0 Å². The first kappa shape index (κ1) is 58.8. The molecular weight excluding hydrogens is 960 g/mol. The number of carbonyl (C=O) groups excluding carboxylic acids is 5. The molecule has 2 aromatic rings. The average molecular weight is 1030 g/mol. The topological polar surface area (TPSA) is 214 Å². The van der Waals surface area contributed by atoms with E-state index in [2.05, 4.69) is 13.2 Å². The normalized spacial score (nSPS) is 28.5. The number of aliphatic hydroxyl groups is 1. The number of esters is 2. The SMILES string of the molecule is C=CC[C@@H]1C=CC(=O)C([C@@H](C)[C@@H]2O[C@H](C[C@@H](C)COC(C)=O)[C@H](OCc3ccccc3)C2=O)O1.C=CC[C@@H]1C=CC(=O)C([C@@H](C)[C@@H]2O[C@H](C[C@@H](C)COC(C)=O)[C@H](OCc3ccccc3)[C@@H]2O)O1.[O]=[Mn]=[O]. The van der Waals surface area contributed by atoms with Gasteiger partial charge in [0.05, 0.1) is 56.9 Å². The van der Waals surface area contributed by atoms with Crippen LogP contribution in [0.1, 0.15) is 78.4 Å². The van der Waals surface area contributed by atoms with E-state index in [9.17, 15) is 29.1 Å². The first-order chi connectivity index (χ1) is 34.0. The van der Waals surface area contributed by atoms with Gasteiger partial charge in [0.1, 0.15) is 36.6 Å². The van der Waals surface area contributed by atoms with E-state index in [1.54, 1.807) is 37.3 Å². The molecule has 389 valence electrons. The van der Waals surface area contributed by atoms with Crippen LogP contribution in [0.5, 0.6) is 0 Å². The molecule has 2 fully saturated rings. The van der Waals surface area contributed by atoms with Crippen molar-refractivity contribution >= 4 is 29.3 Å². The van der Waals surface area contributed by atoms with Crippen molar-refractivity contribution in [2.24, 2.45) is 23.7 Å². The summed E-state index contributed by atoms with van der Waals surface area (Å²) in [5.41, 5.74) is 1.93. The van der Waals surface area contributed by atoms with Crippen LogP contribution < -0.4 is 0 Å². The molecular formula is C54H70MnO16. The number of carbonyl (C=O) groups is 5. The molecule has 0 radical (unpaired) electrons. The summed E-state index contributed by atoms with van der Waals surface area (Å²) < 4.78 is 63.8. The summed E-state index contributed by atoms with van der Waals surface area (Å²) >= 11 is -1.44. The number of rotatable bonds is 22. The number of aliphatic hydroxyl groups excluding tert-OH is 1. The minimum atomic E-state index is -1.44. The van der Waals surface area contributed by atoms with Crippen molar-refractivity contribution in [2.75, 3.05) is 13.2 Å². The Kier molecular flexibility index (Phi) is 25.1. The molecule has 2 saturated heterocycles. The standard InChI is InChI=1S/C27H36O7.C27H34O7.Mn.2O/c2*1-5-9-21-12-13-22(29)25(33-21)18(3)26-24(30)27(32-16-20-10-7-6-8-11-20)23(34-26)14-17(2)15-31-19(4)28;;;/h5-8,10-13,17-18,21,23-27,30H,1,9,14-16H2,2-4H3;5-8,10-13,17-18,21,23,25-27H,1,9,14-16H2,2-4H3;;;/t17-,18-,21-,23-,24-,25?,26+,27+;17-,18-,21-,23-,25?,26+,27+;;;/m11.../s1. The van der Waals surface area contributed by atoms with Gasteiger partial charge in [-0.1, -0.05) is 113 Å². The predicted molar refractivity (Wildman–Crippen MR) is 254 cm³/mol. The number of benzene rings is 2. The molecule has 4 heterocycles. The Labute approximate surface area is 423 Å². The van der Waals surface area contributed by atoms with Crippen LogP contribution in [0.2, 0.25) is 0 Å². The summed E-state index contributed by atoms with van der Waals surface area (Å²) in [4.78, 5) is 61.0. The summed E-state index contributed by atoms with van der Waals surface area (Å²) in [7, 11) is 0. The number of ether oxygens (including phenoxy) is 8. The van der Waals surface area contributed by atoms with Crippen LogP contribution in [0.3, 0.4) is 0 Å². The predicted octanol–water partition coefficient (Wildman–Crippen LogP) is 6.76. The third-order valence-electron chi connectivity index (χ3n) is 12.5. The van der Waals surface area contributed by atoms with Gasteiger partial charge in [-0.2, -0.15) is 0 Å². The van der Waals surface area contributed by atoms with Gasteiger partial charge in [0, 0.05) is 25.7 Å². The Balaban J connectivity index is 0.000000292. The van der Waals surface area contributed by atoms with E-state index in [-0.39, 0.29) is 73.2 Å². The molecule has 17 heteroatoms. The monoisotopic (exact) mass is 1030 g/mol. The number of hydrogen-bond acceptors (Lipinski definition) is 16. The molecule has 0 bridgehead atoms. The van der Waals surface area contributed by atoms with Crippen LogP contribution in [0.15, 0.2) is 110 Å². The van der Waals surface area contributed by atoms with Crippen molar-refractivity contribution in [3.63, 3.8) is 0 Å². The van der Waals surface area contributed by atoms with E-state index in [1.807, 2.05) is 81.4 Å². The van der Waals surface area contributed by atoms with Gasteiger partial charge in [0.2, 0.25) is 0 Å². The molecule has 4 aliphatic heterocycles. The molecule has 2 unspecified atom stereocenters. The first-order valence-corrected chi connectivity index (χ1v) is 24.9. The van der Waals surface area contributed by atoms with Crippen molar-refractivity contribution in [2.45, 2.75) is 148 Å². The zero-order valence-corrected chi connectivity index (χ0v) is 42.6. The van der Waals surface area contributed by atoms with Gasteiger partial charge in [-0.15, -0.1) is 13.2 Å². The van der Waals surface area contributed by atoms with Crippen molar-refractivity contribution in [3.8, 4) is 0 Å². The summed E-state index contributed by atoms with van der Waals surface area (Å²) in [5.74, 6) is -2.12. The Morgan fingerprint density at radius 1 is 0.662 bits per heavy atom. The maximum atomic E-state index is 13.4. The van der Waals surface area contributed by atoms with Crippen molar-refractivity contribution in [3.05, 3.63) is 121 Å². The molecule has 6 rings (SSSR count). The van der Waals surface area contributed by atoms with E-state index in [4.69, 9.17) is 45.6 Å². The molecule has 0 aliphatic carbocycles. The second-order valence-electron chi connectivity index (χ2n) is 18.4. The van der Waals surface area contributed by atoms with Gasteiger partial charge in [-0.25, -0.2) is 0 Å². The van der Waals surface area contributed by atoms with Gasteiger partial charge in [0.15, 0.2) is 17.3 Å². The molecule has 71 heavy (non-hydrogen) atoms. The van der Waals surface area contributed by atoms with E-state index >= 15 is 0 Å². The summed E-state index contributed by atoms with van der Waals surface area (Å²) in [6.07, 6.45) is 5.45. The average Bonchev–Trinajstić information content (AvgIpc) is 3.83. The Bertz CT molecular complexity index is 2140. The Hall–Kier alpha value is -4.81. The molecule has 16 nitrogen and oxygen atoms in total. The van der Waals surface area contributed by atoms with E-state index in [0.717, 1.165) is 11.1 Å².